The summed E-state index contributed by atoms with van der Waals surface area (Å²) in [5, 5.41) is 1.11. The molecule has 2 rings (SSSR count). The molecule has 0 aliphatic heterocycles. The van der Waals surface area contributed by atoms with Crippen LogP contribution < -0.4 is 0 Å². The molecule has 1 aromatic heterocycles. The first-order valence-corrected chi connectivity index (χ1v) is 9.48. The Morgan fingerprint density at radius 3 is 2.57 bits per heavy atom. The minimum absolute atomic E-state index is 0.355. The number of aromatic nitrogens is 1. The van der Waals surface area contributed by atoms with Crippen molar-refractivity contribution in [1.29, 1.82) is 0 Å². The fraction of sp³-hybridized carbons (Fsp3) is 0.143. The Hall–Kier alpha value is -1.37. The van der Waals surface area contributed by atoms with Gasteiger partial charge in [-0.1, -0.05) is 11.6 Å². The third-order valence-corrected chi connectivity index (χ3v) is 5.33. The van der Waals surface area contributed by atoms with Crippen LogP contribution in [0.5, 0.6) is 0 Å². The van der Waals surface area contributed by atoms with Crippen LogP contribution in [-0.2, 0) is 9.73 Å². The predicted octanol–water partition coefficient (Wildman–Crippen LogP) is 3.75. The molecule has 0 spiro atoms. The van der Waals surface area contributed by atoms with Crippen molar-refractivity contribution >= 4 is 39.0 Å². The van der Waals surface area contributed by atoms with Gasteiger partial charge in [0.1, 0.15) is 5.03 Å². The zero-order chi connectivity index (χ0) is 15.5. The summed E-state index contributed by atoms with van der Waals surface area (Å²) in [6, 6.07) is 9.75. The number of pyridine rings is 1. The molecule has 0 aliphatic rings. The van der Waals surface area contributed by atoms with E-state index in [0.717, 1.165) is 0 Å². The van der Waals surface area contributed by atoms with Crippen LogP contribution in [-0.4, -0.2) is 27.6 Å². The lowest BCUT2D eigenvalue weighted by atomic mass is 10.3. The van der Waals surface area contributed by atoms with Gasteiger partial charge >= 0.3 is 0 Å². The third kappa shape index (κ3) is 3.84. The zero-order valence-corrected chi connectivity index (χ0v) is 13.8. The molecule has 0 fully saturated rings. The molecule has 110 valence electrons. The summed E-state index contributed by atoms with van der Waals surface area (Å²) >= 11 is 7.15. The van der Waals surface area contributed by atoms with E-state index in [2.05, 4.69) is 9.35 Å². The van der Waals surface area contributed by atoms with E-state index in [0.29, 0.717) is 20.5 Å². The average Bonchev–Trinajstić information content (AvgIpc) is 2.47. The molecule has 7 heteroatoms. The van der Waals surface area contributed by atoms with Crippen LogP contribution in [0.4, 0.5) is 0 Å². The molecule has 1 heterocycles. The number of hydrogen-bond acceptors (Lipinski definition) is 4. The summed E-state index contributed by atoms with van der Waals surface area (Å²) in [5.74, 6) is -0.532. The molecule has 0 unspecified atom stereocenters. The molecular formula is C14H13ClN2O2S2. The van der Waals surface area contributed by atoms with E-state index in [4.69, 9.17) is 11.6 Å². The molecule has 4 nitrogen and oxygen atoms in total. The minimum atomic E-state index is -2.82. The van der Waals surface area contributed by atoms with Gasteiger partial charge in [-0.15, -0.1) is 11.8 Å². The fourth-order valence-electron chi connectivity index (χ4n) is 1.66. The van der Waals surface area contributed by atoms with Crippen molar-refractivity contribution in [3.05, 3.63) is 53.2 Å². The maximum Gasteiger partial charge on any atom is 0.288 e. The van der Waals surface area contributed by atoms with Crippen LogP contribution in [0.3, 0.4) is 0 Å². The summed E-state index contributed by atoms with van der Waals surface area (Å²) in [7, 11) is -2.82. The van der Waals surface area contributed by atoms with Crippen molar-refractivity contribution in [2.45, 2.75) is 9.92 Å². The maximum absolute atomic E-state index is 12.6. The molecular weight excluding hydrogens is 328 g/mol. The molecule has 1 aromatic carbocycles. The van der Waals surface area contributed by atoms with Gasteiger partial charge in [0.25, 0.3) is 5.91 Å². The van der Waals surface area contributed by atoms with Crippen LogP contribution >= 0.6 is 23.4 Å². The van der Waals surface area contributed by atoms with Crippen molar-refractivity contribution in [3.63, 3.8) is 0 Å². The number of hydrogen-bond donors (Lipinski definition) is 0. The monoisotopic (exact) mass is 340 g/mol. The molecule has 1 atom stereocenters. The highest BCUT2D eigenvalue weighted by molar-refractivity contribution is 7.98. The van der Waals surface area contributed by atoms with Gasteiger partial charge in [-0.25, -0.2) is 9.19 Å². The predicted molar refractivity (Wildman–Crippen MR) is 86.6 cm³/mol. The second-order valence-electron chi connectivity index (χ2n) is 4.21. The second-order valence-corrected chi connectivity index (χ2v) is 7.70. The van der Waals surface area contributed by atoms with Gasteiger partial charge in [-0.2, -0.15) is 4.36 Å². The topological polar surface area (TPSA) is 59.4 Å². The minimum Gasteiger partial charge on any atom is -0.266 e. The fourth-order valence-corrected chi connectivity index (χ4v) is 3.49. The number of halogens is 1. The molecule has 0 aliphatic carbocycles. The second kappa shape index (κ2) is 6.60. The van der Waals surface area contributed by atoms with E-state index in [1.54, 1.807) is 42.6 Å². The summed E-state index contributed by atoms with van der Waals surface area (Å²) in [6.07, 6.45) is 4.86. The largest absolute Gasteiger partial charge is 0.288 e. The normalized spacial score (nSPS) is 13.5. The Bertz CT molecular complexity index is 782. The van der Waals surface area contributed by atoms with Gasteiger partial charge in [0.2, 0.25) is 0 Å². The smallest absolute Gasteiger partial charge is 0.266 e. The van der Waals surface area contributed by atoms with E-state index < -0.39 is 15.6 Å². The molecule has 1 amide bonds. The molecule has 0 saturated carbocycles. The molecule has 0 bridgehead atoms. The van der Waals surface area contributed by atoms with Crippen molar-refractivity contribution in [3.8, 4) is 0 Å². The Kier molecular flexibility index (Phi) is 5.03. The van der Waals surface area contributed by atoms with Gasteiger partial charge in [-0.3, -0.25) is 4.79 Å². The lowest BCUT2D eigenvalue weighted by molar-refractivity contribution is 0.100. The van der Waals surface area contributed by atoms with Crippen molar-refractivity contribution < 1.29 is 9.00 Å². The summed E-state index contributed by atoms with van der Waals surface area (Å²) in [6.45, 7) is 0. The van der Waals surface area contributed by atoms with Crippen LogP contribution in [0.2, 0.25) is 5.02 Å². The Morgan fingerprint density at radius 2 is 1.95 bits per heavy atom. The van der Waals surface area contributed by atoms with Crippen LogP contribution in [0.25, 0.3) is 0 Å². The quantitative estimate of drug-likeness (QED) is 0.798. The van der Waals surface area contributed by atoms with E-state index in [1.807, 2.05) is 6.26 Å². The third-order valence-electron chi connectivity index (χ3n) is 2.70. The van der Waals surface area contributed by atoms with Crippen LogP contribution in [0.1, 0.15) is 10.4 Å². The van der Waals surface area contributed by atoms with Crippen molar-refractivity contribution in [2.75, 3.05) is 12.5 Å². The number of nitrogens with zero attached hydrogens (tertiary/aromatic N) is 2. The van der Waals surface area contributed by atoms with Crippen molar-refractivity contribution in [1.82, 2.24) is 4.98 Å². The number of rotatable bonds is 3. The first kappa shape index (κ1) is 16.0. The maximum atomic E-state index is 12.6. The SMILES string of the molecule is CSc1ncccc1C(=O)N=[S@@](C)(=O)c1ccc(Cl)cc1. The number of carbonyl (C=O) groups is 1. The summed E-state index contributed by atoms with van der Waals surface area (Å²) in [4.78, 5) is 16.8. The van der Waals surface area contributed by atoms with E-state index in [1.165, 1.54) is 18.0 Å². The molecule has 0 N–H and O–H groups in total. The first-order chi connectivity index (χ1) is 9.94. The Balaban J connectivity index is 2.44. The number of amides is 1. The van der Waals surface area contributed by atoms with Crippen molar-refractivity contribution in [2.24, 2.45) is 4.36 Å². The van der Waals surface area contributed by atoms with Crippen LogP contribution in [0, 0.1) is 0 Å². The number of carbonyl (C=O) groups excluding carboxylic acids is 1. The lowest BCUT2D eigenvalue weighted by Crippen LogP contribution is -2.05. The standard InChI is InChI=1S/C14H13ClN2O2S2/c1-20-14-12(4-3-9-16-14)13(18)17-21(2,19)11-7-5-10(15)6-8-11/h3-9H,1-2H3/t21-/m0/s1. The highest BCUT2D eigenvalue weighted by Crippen LogP contribution is 2.20. The molecule has 0 saturated heterocycles. The summed E-state index contributed by atoms with van der Waals surface area (Å²) < 4.78 is 16.5. The highest BCUT2D eigenvalue weighted by Gasteiger charge is 2.14. The number of thioether (sulfide) groups is 1. The van der Waals surface area contributed by atoms with Gasteiger partial charge in [0, 0.05) is 22.4 Å². The highest BCUT2D eigenvalue weighted by atomic mass is 35.5. The van der Waals surface area contributed by atoms with Gasteiger partial charge in [0.05, 0.1) is 15.3 Å². The molecule has 21 heavy (non-hydrogen) atoms. The van der Waals surface area contributed by atoms with Crippen LogP contribution in [0.15, 0.2) is 56.9 Å². The number of benzene rings is 1. The van der Waals surface area contributed by atoms with Gasteiger partial charge < -0.3 is 0 Å². The Morgan fingerprint density at radius 1 is 1.29 bits per heavy atom. The Labute approximate surface area is 133 Å². The lowest BCUT2D eigenvalue weighted by Gasteiger charge is -2.05. The molecule has 2 aromatic rings. The average molecular weight is 341 g/mol. The van der Waals surface area contributed by atoms with Gasteiger partial charge in [0.15, 0.2) is 0 Å². The summed E-state index contributed by atoms with van der Waals surface area (Å²) in [5.41, 5.74) is 0.355. The molecule has 0 radical (unpaired) electrons. The first-order valence-electron chi connectivity index (χ1n) is 5.95. The zero-order valence-electron chi connectivity index (χ0n) is 11.4. The van der Waals surface area contributed by atoms with E-state index in [9.17, 15) is 9.00 Å². The van der Waals surface area contributed by atoms with Gasteiger partial charge in [-0.05, 0) is 42.7 Å². The van der Waals surface area contributed by atoms with E-state index in [-0.39, 0.29) is 0 Å². The van der Waals surface area contributed by atoms with E-state index >= 15 is 0 Å².